The lowest BCUT2D eigenvalue weighted by atomic mass is 9.82. The SMILES string of the molecule is CC1CCC(CNC2c3ccccc3OCC2C)CC1. The van der Waals surface area contributed by atoms with Gasteiger partial charge >= 0.3 is 0 Å². The van der Waals surface area contributed by atoms with Crippen LogP contribution >= 0.6 is 0 Å². The van der Waals surface area contributed by atoms with Gasteiger partial charge in [0, 0.05) is 17.5 Å². The van der Waals surface area contributed by atoms with Crippen LogP contribution in [0, 0.1) is 17.8 Å². The quantitative estimate of drug-likeness (QED) is 0.892. The Morgan fingerprint density at radius 3 is 2.65 bits per heavy atom. The van der Waals surface area contributed by atoms with E-state index in [4.69, 9.17) is 4.74 Å². The number of fused-ring (bicyclic) bond motifs is 1. The lowest BCUT2D eigenvalue weighted by Crippen LogP contribution is -2.37. The van der Waals surface area contributed by atoms with E-state index in [1.54, 1.807) is 0 Å². The third-order valence-electron chi connectivity index (χ3n) is 5.09. The van der Waals surface area contributed by atoms with Crippen LogP contribution in [-0.2, 0) is 0 Å². The Kier molecular flexibility index (Phi) is 4.30. The molecule has 1 saturated carbocycles. The zero-order chi connectivity index (χ0) is 13.9. The molecule has 3 rings (SSSR count). The van der Waals surface area contributed by atoms with Gasteiger partial charge in [0.15, 0.2) is 0 Å². The van der Waals surface area contributed by atoms with Crippen molar-refractivity contribution < 1.29 is 4.74 Å². The van der Waals surface area contributed by atoms with Crippen LogP contribution < -0.4 is 10.1 Å². The van der Waals surface area contributed by atoms with Crippen LogP contribution in [0.5, 0.6) is 5.75 Å². The molecule has 20 heavy (non-hydrogen) atoms. The summed E-state index contributed by atoms with van der Waals surface area (Å²) in [5.74, 6) is 3.43. The Bertz CT molecular complexity index is 437. The standard InChI is InChI=1S/C18H27NO/c1-13-7-9-15(10-8-13)11-19-18-14(2)12-20-17-6-4-3-5-16(17)18/h3-6,13-15,18-19H,7-12H2,1-2H3. The van der Waals surface area contributed by atoms with Gasteiger partial charge in [-0.1, -0.05) is 44.9 Å². The molecule has 1 fully saturated rings. The number of nitrogens with one attached hydrogen (secondary N) is 1. The van der Waals surface area contributed by atoms with Crippen LogP contribution in [-0.4, -0.2) is 13.2 Å². The van der Waals surface area contributed by atoms with E-state index >= 15 is 0 Å². The Morgan fingerprint density at radius 1 is 1.10 bits per heavy atom. The molecule has 110 valence electrons. The lowest BCUT2D eigenvalue weighted by Gasteiger charge is -2.34. The minimum atomic E-state index is 0.458. The van der Waals surface area contributed by atoms with E-state index in [2.05, 4.69) is 43.4 Å². The van der Waals surface area contributed by atoms with Crippen molar-refractivity contribution in [3.63, 3.8) is 0 Å². The largest absolute Gasteiger partial charge is 0.493 e. The molecule has 1 aliphatic heterocycles. The molecule has 0 radical (unpaired) electrons. The summed E-state index contributed by atoms with van der Waals surface area (Å²) in [6.45, 7) is 6.67. The molecule has 1 heterocycles. The summed E-state index contributed by atoms with van der Waals surface area (Å²) in [5.41, 5.74) is 1.34. The maximum atomic E-state index is 5.83. The summed E-state index contributed by atoms with van der Waals surface area (Å²) < 4.78 is 5.83. The minimum Gasteiger partial charge on any atom is -0.493 e. The smallest absolute Gasteiger partial charge is 0.124 e. The van der Waals surface area contributed by atoms with E-state index in [1.165, 1.54) is 31.2 Å². The van der Waals surface area contributed by atoms with Crippen molar-refractivity contribution >= 4 is 0 Å². The summed E-state index contributed by atoms with van der Waals surface area (Å²) in [6, 6.07) is 8.95. The molecular weight excluding hydrogens is 246 g/mol. The second-order valence-electron chi connectivity index (χ2n) is 6.84. The molecule has 2 aliphatic rings. The van der Waals surface area contributed by atoms with E-state index in [1.807, 2.05) is 0 Å². The number of hydrogen-bond acceptors (Lipinski definition) is 2. The first-order chi connectivity index (χ1) is 9.74. The normalized spacial score (nSPS) is 33.3. The first-order valence-electron chi connectivity index (χ1n) is 8.19. The number of para-hydroxylation sites is 1. The molecule has 0 spiro atoms. The van der Waals surface area contributed by atoms with E-state index in [0.717, 1.165) is 30.7 Å². The van der Waals surface area contributed by atoms with Crippen LogP contribution in [0.25, 0.3) is 0 Å². The van der Waals surface area contributed by atoms with Gasteiger partial charge in [0.1, 0.15) is 5.75 Å². The Balaban J connectivity index is 1.62. The molecule has 1 aliphatic carbocycles. The van der Waals surface area contributed by atoms with Gasteiger partial charge in [-0.3, -0.25) is 0 Å². The highest BCUT2D eigenvalue weighted by Gasteiger charge is 2.28. The first-order valence-corrected chi connectivity index (χ1v) is 8.19. The molecule has 2 unspecified atom stereocenters. The van der Waals surface area contributed by atoms with Gasteiger partial charge in [-0.25, -0.2) is 0 Å². The lowest BCUT2D eigenvalue weighted by molar-refractivity contribution is 0.179. The average Bonchev–Trinajstić information content (AvgIpc) is 2.48. The Labute approximate surface area is 122 Å². The zero-order valence-electron chi connectivity index (χ0n) is 12.8. The molecule has 1 N–H and O–H groups in total. The number of benzene rings is 1. The van der Waals surface area contributed by atoms with Crippen molar-refractivity contribution in [1.82, 2.24) is 5.32 Å². The molecule has 1 aromatic carbocycles. The fraction of sp³-hybridized carbons (Fsp3) is 0.667. The van der Waals surface area contributed by atoms with E-state index in [-0.39, 0.29) is 0 Å². The second-order valence-corrected chi connectivity index (χ2v) is 6.84. The molecule has 0 saturated heterocycles. The summed E-state index contributed by atoms with van der Waals surface area (Å²) in [7, 11) is 0. The van der Waals surface area contributed by atoms with Crippen molar-refractivity contribution in [3.05, 3.63) is 29.8 Å². The fourth-order valence-corrected chi connectivity index (χ4v) is 3.63. The molecule has 0 aromatic heterocycles. The summed E-state index contributed by atoms with van der Waals surface area (Å²) in [6.07, 6.45) is 5.61. The predicted octanol–water partition coefficient (Wildman–Crippen LogP) is 4.17. The molecule has 2 nitrogen and oxygen atoms in total. The van der Waals surface area contributed by atoms with Gasteiger partial charge in [0.05, 0.1) is 6.61 Å². The minimum absolute atomic E-state index is 0.458. The first kappa shape index (κ1) is 13.9. The zero-order valence-corrected chi connectivity index (χ0v) is 12.8. The van der Waals surface area contributed by atoms with Gasteiger partial charge in [-0.15, -0.1) is 0 Å². The van der Waals surface area contributed by atoms with Gasteiger partial charge < -0.3 is 10.1 Å². The monoisotopic (exact) mass is 273 g/mol. The number of rotatable bonds is 3. The predicted molar refractivity (Wildman–Crippen MR) is 83.0 cm³/mol. The van der Waals surface area contributed by atoms with Crippen LogP contribution in [0.2, 0.25) is 0 Å². The van der Waals surface area contributed by atoms with E-state index in [0.29, 0.717) is 12.0 Å². The molecule has 2 atom stereocenters. The molecule has 0 bridgehead atoms. The van der Waals surface area contributed by atoms with E-state index < -0.39 is 0 Å². The number of ether oxygens (including phenoxy) is 1. The topological polar surface area (TPSA) is 21.3 Å². The van der Waals surface area contributed by atoms with Crippen molar-refractivity contribution in [2.75, 3.05) is 13.2 Å². The fourth-order valence-electron chi connectivity index (χ4n) is 3.63. The van der Waals surface area contributed by atoms with Crippen molar-refractivity contribution in [2.45, 2.75) is 45.6 Å². The molecule has 2 heteroatoms. The maximum absolute atomic E-state index is 5.83. The molecular formula is C18H27NO. The van der Waals surface area contributed by atoms with Crippen LogP contribution in [0.4, 0.5) is 0 Å². The Morgan fingerprint density at radius 2 is 1.85 bits per heavy atom. The summed E-state index contributed by atoms with van der Waals surface area (Å²) >= 11 is 0. The van der Waals surface area contributed by atoms with Crippen LogP contribution in [0.3, 0.4) is 0 Å². The molecule has 1 aromatic rings. The average molecular weight is 273 g/mol. The Hall–Kier alpha value is -1.02. The second kappa shape index (κ2) is 6.17. The van der Waals surface area contributed by atoms with Crippen LogP contribution in [0.15, 0.2) is 24.3 Å². The van der Waals surface area contributed by atoms with Crippen LogP contribution in [0.1, 0.15) is 51.1 Å². The van der Waals surface area contributed by atoms with E-state index in [9.17, 15) is 0 Å². The van der Waals surface area contributed by atoms with Crippen molar-refractivity contribution in [1.29, 1.82) is 0 Å². The third-order valence-corrected chi connectivity index (χ3v) is 5.09. The van der Waals surface area contributed by atoms with Gasteiger partial charge in [-0.05, 0) is 37.3 Å². The van der Waals surface area contributed by atoms with Crippen molar-refractivity contribution in [3.8, 4) is 5.75 Å². The summed E-state index contributed by atoms with van der Waals surface area (Å²) in [5, 5.41) is 3.83. The van der Waals surface area contributed by atoms with Gasteiger partial charge in [0.25, 0.3) is 0 Å². The summed E-state index contributed by atoms with van der Waals surface area (Å²) in [4.78, 5) is 0. The highest BCUT2D eigenvalue weighted by Crippen LogP contribution is 2.35. The van der Waals surface area contributed by atoms with Gasteiger partial charge in [-0.2, -0.15) is 0 Å². The number of hydrogen-bond donors (Lipinski definition) is 1. The highest BCUT2D eigenvalue weighted by atomic mass is 16.5. The third kappa shape index (κ3) is 3.01. The highest BCUT2D eigenvalue weighted by molar-refractivity contribution is 5.37. The van der Waals surface area contributed by atoms with Gasteiger partial charge in [0.2, 0.25) is 0 Å². The van der Waals surface area contributed by atoms with Crippen molar-refractivity contribution in [2.24, 2.45) is 17.8 Å². The maximum Gasteiger partial charge on any atom is 0.124 e. The molecule has 0 amide bonds.